The van der Waals surface area contributed by atoms with Crippen molar-refractivity contribution >= 4 is 29.2 Å². The smallest absolute Gasteiger partial charge is 0.256 e. The second kappa shape index (κ2) is 11.3. The third-order valence-electron chi connectivity index (χ3n) is 4.62. The van der Waals surface area contributed by atoms with E-state index in [1.54, 1.807) is 12.1 Å². The van der Waals surface area contributed by atoms with Crippen LogP contribution in [0.3, 0.4) is 0 Å². The number of anilines is 1. The first-order valence-electron chi connectivity index (χ1n) is 9.82. The van der Waals surface area contributed by atoms with E-state index in [0.717, 1.165) is 11.3 Å². The second-order valence-electron chi connectivity index (χ2n) is 7.02. The Kier molecular flexibility index (Phi) is 8.47. The summed E-state index contributed by atoms with van der Waals surface area (Å²) in [6.07, 6.45) is 1.17. The third kappa shape index (κ3) is 6.52. The van der Waals surface area contributed by atoms with E-state index >= 15 is 0 Å². The van der Waals surface area contributed by atoms with E-state index < -0.39 is 17.9 Å². The average molecular weight is 450 g/mol. The molecule has 0 spiro atoms. The minimum atomic E-state index is -1.05. The van der Waals surface area contributed by atoms with Crippen LogP contribution in [0.25, 0.3) is 0 Å². The lowest BCUT2D eigenvalue weighted by Crippen LogP contribution is -2.37. The molecule has 0 radical (unpaired) electrons. The van der Waals surface area contributed by atoms with Crippen LogP contribution in [0.1, 0.15) is 27.5 Å². The number of carbonyl (C=O) groups excluding carboxylic acids is 2. The average Bonchev–Trinajstić information content (AvgIpc) is 2.81. The zero-order valence-corrected chi connectivity index (χ0v) is 18.4. The number of nitrogens with zero attached hydrogens (tertiary/aromatic N) is 3. The number of hydrogen-bond acceptors (Lipinski definition) is 8. The fraction of sp³-hybridized carbons (Fsp3) is 0.130. The Morgan fingerprint density at radius 3 is 2.33 bits per heavy atom. The minimum Gasteiger partial charge on any atom is -0.409 e. The number of oxime groups is 1. The number of hydrogen-bond donors (Lipinski definition) is 5. The summed E-state index contributed by atoms with van der Waals surface area (Å²) in [4.78, 5) is 24.9. The van der Waals surface area contributed by atoms with Crippen LogP contribution in [0.15, 0.2) is 83.7 Å². The lowest BCUT2D eigenvalue weighted by molar-refractivity contribution is -0.121. The van der Waals surface area contributed by atoms with E-state index in [0.29, 0.717) is 11.1 Å². The van der Waals surface area contributed by atoms with Crippen LogP contribution < -0.4 is 27.1 Å². The molecule has 7 N–H and O–H groups in total. The number of hydrazone groups is 1. The normalized spacial score (nSPS) is 12.5. The summed E-state index contributed by atoms with van der Waals surface area (Å²) in [5.41, 5.74) is 14.4. The Hall–Kier alpha value is -4.44. The summed E-state index contributed by atoms with van der Waals surface area (Å²) in [7, 11) is 1.73. The summed E-state index contributed by atoms with van der Waals surface area (Å²) in [6, 6.07) is 12.7. The van der Waals surface area contributed by atoms with Gasteiger partial charge < -0.3 is 27.3 Å². The number of amidine groups is 2. The maximum Gasteiger partial charge on any atom is 0.256 e. The molecule has 10 heteroatoms. The fourth-order valence-electron chi connectivity index (χ4n) is 2.79. The quantitative estimate of drug-likeness (QED) is 0.187. The molecule has 0 bridgehead atoms. The molecular weight excluding hydrogens is 422 g/mol. The number of nitrogens with two attached hydrogens (primary N) is 2. The zero-order chi connectivity index (χ0) is 24.5. The van der Waals surface area contributed by atoms with E-state index in [1.165, 1.54) is 30.3 Å². The Bertz CT molecular complexity index is 1110. The molecule has 1 unspecified atom stereocenters. The van der Waals surface area contributed by atoms with Crippen molar-refractivity contribution in [2.75, 3.05) is 12.1 Å². The Morgan fingerprint density at radius 1 is 1.15 bits per heavy atom. The first-order chi connectivity index (χ1) is 15.7. The molecule has 0 fully saturated rings. The van der Waals surface area contributed by atoms with Crippen LogP contribution in [0.5, 0.6) is 0 Å². The molecular formula is C23H27N7O3. The number of aryl methyl sites for hydroxylation is 1. The van der Waals surface area contributed by atoms with Gasteiger partial charge in [-0.25, -0.2) is 0 Å². The highest BCUT2D eigenvalue weighted by Gasteiger charge is 2.18. The van der Waals surface area contributed by atoms with Gasteiger partial charge in [-0.3, -0.25) is 14.6 Å². The van der Waals surface area contributed by atoms with Crippen molar-refractivity contribution in [1.29, 1.82) is 0 Å². The van der Waals surface area contributed by atoms with Crippen molar-refractivity contribution in [3.63, 3.8) is 0 Å². The molecule has 172 valence electrons. The Morgan fingerprint density at radius 2 is 1.79 bits per heavy atom. The van der Waals surface area contributed by atoms with E-state index in [4.69, 9.17) is 16.7 Å². The molecule has 0 saturated carbocycles. The molecule has 0 heterocycles. The Balaban J connectivity index is 2.15. The van der Waals surface area contributed by atoms with Gasteiger partial charge in [-0.1, -0.05) is 48.6 Å². The van der Waals surface area contributed by atoms with Gasteiger partial charge in [0.05, 0.1) is 11.4 Å². The molecule has 0 saturated heterocycles. The van der Waals surface area contributed by atoms with Crippen molar-refractivity contribution in [3.8, 4) is 0 Å². The summed E-state index contributed by atoms with van der Waals surface area (Å²) < 4.78 is 0. The van der Waals surface area contributed by atoms with Crippen LogP contribution in [0.2, 0.25) is 0 Å². The minimum absolute atomic E-state index is 0.0858. The maximum atomic E-state index is 12.7. The van der Waals surface area contributed by atoms with Gasteiger partial charge in [0.1, 0.15) is 6.04 Å². The molecule has 2 aromatic carbocycles. The molecule has 0 aliphatic heterocycles. The summed E-state index contributed by atoms with van der Waals surface area (Å²) in [5.74, 6) is -1.10. The second-order valence-corrected chi connectivity index (χ2v) is 7.02. The van der Waals surface area contributed by atoms with Gasteiger partial charge in [-0.15, -0.1) is 0 Å². The number of para-hydroxylation sites is 1. The van der Waals surface area contributed by atoms with Crippen LogP contribution >= 0.6 is 0 Å². The molecule has 1 atom stereocenters. The zero-order valence-electron chi connectivity index (χ0n) is 18.4. The fourth-order valence-corrected chi connectivity index (χ4v) is 2.79. The van der Waals surface area contributed by atoms with E-state index in [-0.39, 0.29) is 17.4 Å². The van der Waals surface area contributed by atoms with Crippen LogP contribution in [-0.4, -0.2) is 35.7 Å². The number of rotatable bonds is 7. The predicted molar refractivity (Wildman–Crippen MR) is 129 cm³/mol. The van der Waals surface area contributed by atoms with Crippen LogP contribution in [0.4, 0.5) is 5.69 Å². The SMILES string of the molecule is C=C/C(=N\O)NC(=O)C(N)c1ccc(C(=O)N/C(=N/N(C)c2ccccc2C)C(=C)N)cc1. The standard InChI is InChI=1S/C23H27N7O3/c1-5-19(29-33)26-23(32)20(25)16-10-12-17(13-11-16)22(31)27-21(15(3)24)28-30(4)18-9-7-6-8-14(18)2/h5-13,20,33H,1,3,24-25H2,2,4H3,(H,26,29,32)(H,27,28,31). The molecule has 10 nitrogen and oxygen atoms in total. The predicted octanol–water partition coefficient (Wildman–Crippen LogP) is 1.74. The van der Waals surface area contributed by atoms with Gasteiger partial charge in [0.2, 0.25) is 5.91 Å². The molecule has 33 heavy (non-hydrogen) atoms. The maximum absolute atomic E-state index is 12.7. The van der Waals surface area contributed by atoms with Crippen LogP contribution in [-0.2, 0) is 4.79 Å². The van der Waals surface area contributed by atoms with Crippen molar-refractivity contribution < 1.29 is 14.8 Å². The number of benzene rings is 2. The van der Waals surface area contributed by atoms with Gasteiger partial charge in [-0.2, -0.15) is 5.10 Å². The first kappa shape index (κ1) is 24.8. The highest BCUT2D eigenvalue weighted by Crippen LogP contribution is 2.18. The lowest BCUT2D eigenvalue weighted by Gasteiger charge is -2.18. The van der Waals surface area contributed by atoms with Crippen molar-refractivity contribution in [2.24, 2.45) is 21.7 Å². The summed E-state index contributed by atoms with van der Waals surface area (Å²) in [6.45, 7) is 9.02. The molecule has 0 aliphatic rings. The molecule has 2 aromatic rings. The van der Waals surface area contributed by atoms with Crippen molar-refractivity contribution in [3.05, 3.63) is 90.2 Å². The van der Waals surface area contributed by atoms with Crippen molar-refractivity contribution in [1.82, 2.24) is 10.6 Å². The first-order valence-corrected chi connectivity index (χ1v) is 9.82. The molecule has 0 aromatic heterocycles. The number of nitrogens with one attached hydrogen (secondary N) is 2. The Labute approximate surface area is 191 Å². The van der Waals surface area contributed by atoms with Gasteiger partial charge >= 0.3 is 0 Å². The molecule has 2 amide bonds. The van der Waals surface area contributed by atoms with E-state index in [9.17, 15) is 9.59 Å². The number of amides is 2. The third-order valence-corrected chi connectivity index (χ3v) is 4.62. The monoisotopic (exact) mass is 449 g/mol. The number of carbonyl (C=O) groups is 2. The van der Waals surface area contributed by atoms with E-state index in [2.05, 4.69) is 34.0 Å². The topological polar surface area (TPSA) is 158 Å². The summed E-state index contributed by atoms with van der Waals surface area (Å²) >= 11 is 0. The van der Waals surface area contributed by atoms with Gasteiger partial charge in [0.25, 0.3) is 5.91 Å². The highest BCUT2D eigenvalue weighted by atomic mass is 16.4. The van der Waals surface area contributed by atoms with Gasteiger partial charge in [0.15, 0.2) is 11.7 Å². The molecule has 0 aliphatic carbocycles. The van der Waals surface area contributed by atoms with E-state index in [1.807, 2.05) is 31.2 Å². The highest BCUT2D eigenvalue weighted by molar-refractivity contribution is 6.12. The summed E-state index contributed by atoms with van der Waals surface area (Å²) in [5, 5.41) is 22.6. The van der Waals surface area contributed by atoms with Gasteiger partial charge in [0, 0.05) is 12.6 Å². The van der Waals surface area contributed by atoms with Gasteiger partial charge in [-0.05, 0) is 42.3 Å². The lowest BCUT2D eigenvalue weighted by atomic mass is 10.0. The van der Waals surface area contributed by atoms with Crippen LogP contribution in [0, 0.1) is 6.92 Å². The van der Waals surface area contributed by atoms with Crippen molar-refractivity contribution in [2.45, 2.75) is 13.0 Å². The largest absolute Gasteiger partial charge is 0.409 e. The molecule has 2 rings (SSSR count).